The third-order valence-electron chi connectivity index (χ3n) is 2.55. The van der Waals surface area contributed by atoms with Gasteiger partial charge in [0.15, 0.2) is 0 Å². The van der Waals surface area contributed by atoms with Crippen LogP contribution in [0.2, 0.25) is 0 Å². The van der Waals surface area contributed by atoms with E-state index in [1.165, 1.54) is 11.3 Å². The van der Waals surface area contributed by atoms with Crippen LogP contribution in [0.15, 0.2) is 34.1 Å². The molecule has 18 heavy (non-hydrogen) atoms. The van der Waals surface area contributed by atoms with Crippen LogP contribution in [0.3, 0.4) is 0 Å². The summed E-state index contributed by atoms with van der Waals surface area (Å²) in [7, 11) is 0. The molecule has 2 aromatic rings. The van der Waals surface area contributed by atoms with Crippen molar-refractivity contribution in [2.45, 2.75) is 13.5 Å². The number of halogens is 1. The molecule has 0 saturated carbocycles. The van der Waals surface area contributed by atoms with Crippen LogP contribution in [0.25, 0.3) is 0 Å². The smallest absolute Gasteiger partial charge is 0.336 e. The summed E-state index contributed by atoms with van der Waals surface area (Å²) in [5.41, 5.74) is 2.53. The first-order chi connectivity index (χ1) is 8.58. The summed E-state index contributed by atoms with van der Waals surface area (Å²) in [6, 6.07) is 7.70. The summed E-state index contributed by atoms with van der Waals surface area (Å²) in [5.74, 6) is -0.880. The first-order valence-electron chi connectivity index (χ1n) is 5.37. The predicted molar refractivity (Wildman–Crippen MR) is 77.5 cm³/mol. The maximum atomic E-state index is 10.8. The van der Waals surface area contributed by atoms with Crippen molar-refractivity contribution in [1.29, 1.82) is 0 Å². The lowest BCUT2D eigenvalue weighted by atomic mass is 10.2. The van der Waals surface area contributed by atoms with Gasteiger partial charge in [0.1, 0.15) is 0 Å². The normalized spacial score (nSPS) is 10.3. The first-order valence-corrected chi connectivity index (χ1v) is 7.05. The highest BCUT2D eigenvalue weighted by Crippen LogP contribution is 2.26. The molecule has 0 bridgehead atoms. The largest absolute Gasteiger partial charge is 0.478 e. The summed E-state index contributed by atoms with van der Waals surface area (Å²) < 4.78 is 1.04. The number of carboxylic acid groups (broad SMARTS) is 1. The van der Waals surface area contributed by atoms with Crippen molar-refractivity contribution < 1.29 is 9.90 Å². The fraction of sp³-hybridized carbons (Fsp3) is 0.154. The number of aromatic carboxylic acids is 1. The number of carbonyl (C=O) groups is 1. The highest BCUT2D eigenvalue weighted by Gasteiger charge is 2.07. The Morgan fingerprint density at radius 1 is 1.50 bits per heavy atom. The van der Waals surface area contributed by atoms with E-state index in [1.54, 1.807) is 11.4 Å². The minimum atomic E-state index is -0.880. The van der Waals surface area contributed by atoms with E-state index >= 15 is 0 Å². The zero-order valence-corrected chi connectivity index (χ0v) is 12.1. The summed E-state index contributed by atoms with van der Waals surface area (Å²) in [4.78, 5) is 11.8. The van der Waals surface area contributed by atoms with Crippen LogP contribution < -0.4 is 5.32 Å². The van der Waals surface area contributed by atoms with E-state index in [0.717, 1.165) is 20.6 Å². The molecule has 0 atom stereocenters. The van der Waals surface area contributed by atoms with Crippen molar-refractivity contribution >= 4 is 38.9 Å². The molecule has 0 saturated heterocycles. The molecule has 3 nitrogen and oxygen atoms in total. The Balaban J connectivity index is 2.07. The van der Waals surface area contributed by atoms with Gasteiger partial charge < -0.3 is 10.4 Å². The topological polar surface area (TPSA) is 49.3 Å². The molecule has 0 amide bonds. The number of anilines is 1. The highest BCUT2D eigenvalue weighted by atomic mass is 79.9. The number of carboxylic acids is 1. The molecule has 2 N–H and O–H groups in total. The molecule has 0 aliphatic carbocycles. The van der Waals surface area contributed by atoms with Crippen LogP contribution in [-0.4, -0.2) is 11.1 Å². The highest BCUT2D eigenvalue weighted by molar-refractivity contribution is 9.10. The summed E-state index contributed by atoms with van der Waals surface area (Å²) >= 11 is 4.98. The monoisotopic (exact) mass is 325 g/mol. The molecule has 1 aromatic heterocycles. The van der Waals surface area contributed by atoms with Gasteiger partial charge in [-0.15, -0.1) is 11.3 Å². The Morgan fingerprint density at radius 2 is 2.28 bits per heavy atom. The van der Waals surface area contributed by atoms with E-state index in [2.05, 4.69) is 21.2 Å². The predicted octanol–water partition coefficient (Wildman–Crippen LogP) is 4.13. The standard InChI is InChI=1S/C13H12BrNO2S/c1-8-3-2-4-11(12(8)14)15-6-10-5-9(7-18-10)13(16)17/h2-5,7,15H,6H2,1H3,(H,16,17). The van der Waals surface area contributed by atoms with Gasteiger partial charge in [0.05, 0.1) is 5.56 Å². The zero-order valence-electron chi connectivity index (χ0n) is 9.74. The SMILES string of the molecule is Cc1cccc(NCc2cc(C(=O)O)cs2)c1Br. The Labute approximate surface area is 118 Å². The number of thiophene rings is 1. The van der Waals surface area contributed by atoms with E-state index in [1.807, 2.05) is 25.1 Å². The van der Waals surface area contributed by atoms with Crippen LogP contribution in [0.4, 0.5) is 5.69 Å². The lowest BCUT2D eigenvalue weighted by molar-refractivity contribution is 0.0697. The molecule has 0 aliphatic rings. The second-order valence-corrected chi connectivity index (χ2v) is 5.69. The van der Waals surface area contributed by atoms with E-state index in [0.29, 0.717) is 12.1 Å². The molecule has 94 valence electrons. The second kappa shape index (κ2) is 5.54. The van der Waals surface area contributed by atoms with Crippen LogP contribution in [0.1, 0.15) is 20.8 Å². The minimum Gasteiger partial charge on any atom is -0.478 e. The van der Waals surface area contributed by atoms with E-state index in [9.17, 15) is 4.79 Å². The van der Waals surface area contributed by atoms with Crippen LogP contribution >= 0.6 is 27.3 Å². The van der Waals surface area contributed by atoms with Crippen LogP contribution in [0, 0.1) is 6.92 Å². The van der Waals surface area contributed by atoms with Crippen LogP contribution in [0.5, 0.6) is 0 Å². The van der Waals surface area contributed by atoms with Gasteiger partial charge in [0.25, 0.3) is 0 Å². The van der Waals surface area contributed by atoms with Gasteiger partial charge in [-0.25, -0.2) is 4.79 Å². The quantitative estimate of drug-likeness (QED) is 0.888. The number of hydrogen-bond donors (Lipinski definition) is 2. The fourth-order valence-electron chi connectivity index (χ4n) is 1.55. The molecule has 2 rings (SSSR count). The summed E-state index contributed by atoms with van der Waals surface area (Å²) in [6.07, 6.45) is 0. The molecule has 1 heterocycles. The van der Waals surface area contributed by atoms with Gasteiger partial charge in [0, 0.05) is 27.0 Å². The Bertz CT molecular complexity index is 580. The Hall–Kier alpha value is -1.33. The zero-order chi connectivity index (χ0) is 13.1. The first kappa shape index (κ1) is 13.1. The third kappa shape index (κ3) is 2.91. The van der Waals surface area contributed by atoms with Crippen molar-refractivity contribution in [3.63, 3.8) is 0 Å². The fourth-order valence-corrected chi connectivity index (χ4v) is 2.75. The molecular formula is C13H12BrNO2S. The van der Waals surface area contributed by atoms with Crippen molar-refractivity contribution in [3.05, 3.63) is 50.1 Å². The van der Waals surface area contributed by atoms with E-state index < -0.39 is 5.97 Å². The van der Waals surface area contributed by atoms with Gasteiger partial charge in [-0.05, 0) is 40.5 Å². The molecule has 0 fully saturated rings. The molecule has 0 radical (unpaired) electrons. The number of rotatable bonds is 4. The molecule has 0 spiro atoms. The maximum absolute atomic E-state index is 10.8. The minimum absolute atomic E-state index is 0.347. The molecule has 5 heteroatoms. The van der Waals surface area contributed by atoms with E-state index in [-0.39, 0.29) is 0 Å². The molecule has 0 unspecified atom stereocenters. The van der Waals surface area contributed by atoms with Gasteiger partial charge in [0.2, 0.25) is 0 Å². The second-order valence-electron chi connectivity index (χ2n) is 3.90. The summed E-state index contributed by atoms with van der Waals surface area (Å²) in [5, 5.41) is 13.8. The van der Waals surface area contributed by atoms with Gasteiger partial charge in [-0.3, -0.25) is 0 Å². The third-order valence-corrected chi connectivity index (χ3v) is 4.53. The number of hydrogen-bond acceptors (Lipinski definition) is 3. The average molecular weight is 326 g/mol. The lowest BCUT2D eigenvalue weighted by Gasteiger charge is -2.09. The van der Waals surface area contributed by atoms with Crippen LogP contribution in [-0.2, 0) is 6.54 Å². The van der Waals surface area contributed by atoms with Crippen molar-refractivity contribution in [3.8, 4) is 0 Å². The summed E-state index contributed by atoms with van der Waals surface area (Å²) in [6.45, 7) is 2.66. The number of benzene rings is 1. The number of aryl methyl sites for hydroxylation is 1. The molecular weight excluding hydrogens is 314 g/mol. The molecule has 0 aliphatic heterocycles. The number of nitrogens with one attached hydrogen (secondary N) is 1. The van der Waals surface area contributed by atoms with Gasteiger partial charge >= 0.3 is 5.97 Å². The van der Waals surface area contributed by atoms with Crippen molar-refractivity contribution in [2.24, 2.45) is 0 Å². The van der Waals surface area contributed by atoms with Gasteiger partial charge in [-0.1, -0.05) is 12.1 Å². The maximum Gasteiger partial charge on any atom is 0.336 e. The molecule has 1 aromatic carbocycles. The van der Waals surface area contributed by atoms with Crippen molar-refractivity contribution in [2.75, 3.05) is 5.32 Å². The van der Waals surface area contributed by atoms with Gasteiger partial charge in [-0.2, -0.15) is 0 Å². The Kier molecular flexibility index (Phi) is 4.04. The Morgan fingerprint density at radius 3 is 2.94 bits per heavy atom. The average Bonchev–Trinajstić information content (AvgIpc) is 2.80. The van der Waals surface area contributed by atoms with E-state index in [4.69, 9.17) is 5.11 Å². The lowest BCUT2D eigenvalue weighted by Crippen LogP contribution is -1.99. The van der Waals surface area contributed by atoms with Crippen molar-refractivity contribution in [1.82, 2.24) is 0 Å².